The molecule has 1 heterocycles. The average molecular weight is 286 g/mol. The van der Waals surface area contributed by atoms with Crippen molar-refractivity contribution in [1.29, 1.82) is 0 Å². The predicted octanol–water partition coefficient (Wildman–Crippen LogP) is 3.17. The average Bonchev–Trinajstić information content (AvgIpc) is 3.25. The Labute approximate surface area is 127 Å². The van der Waals surface area contributed by atoms with Gasteiger partial charge in [0.1, 0.15) is 6.17 Å². The van der Waals surface area contributed by atoms with E-state index in [1.807, 2.05) is 6.92 Å². The van der Waals surface area contributed by atoms with Gasteiger partial charge in [0.25, 0.3) is 0 Å². The summed E-state index contributed by atoms with van der Waals surface area (Å²) in [5.74, 6) is 1.68. The van der Waals surface area contributed by atoms with Crippen LogP contribution in [0.15, 0.2) is 18.2 Å². The molecule has 21 heavy (non-hydrogen) atoms. The molecular weight excluding hydrogens is 260 g/mol. The van der Waals surface area contributed by atoms with Gasteiger partial charge in [-0.2, -0.15) is 0 Å². The van der Waals surface area contributed by atoms with Gasteiger partial charge < -0.3 is 4.90 Å². The minimum atomic E-state index is -0.0821. The first-order valence-electron chi connectivity index (χ1n) is 8.11. The van der Waals surface area contributed by atoms with Crippen LogP contribution in [0.3, 0.4) is 0 Å². The molecule has 1 saturated carbocycles. The number of carbonyl (C=O) groups is 1. The normalized spacial score (nSPS) is 27.2. The lowest BCUT2D eigenvalue weighted by atomic mass is 10.0. The molecule has 0 aromatic heterocycles. The lowest BCUT2D eigenvalue weighted by molar-refractivity contribution is -0.130. The van der Waals surface area contributed by atoms with E-state index in [-0.39, 0.29) is 18.1 Å². The molecule has 114 valence electrons. The van der Waals surface area contributed by atoms with E-state index in [0.717, 1.165) is 12.5 Å². The zero-order valence-corrected chi connectivity index (χ0v) is 13.5. The zero-order valence-electron chi connectivity index (χ0n) is 13.5. The van der Waals surface area contributed by atoms with Crippen molar-refractivity contribution < 1.29 is 4.79 Å². The molecule has 2 aliphatic rings. The van der Waals surface area contributed by atoms with Crippen molar-refractivity contribution >= 4 is 5.91 Å². The highest BCUT2D eigenvalue weighted by atomic mass is 16.2. The third kappa shape index (κ3) is 2.84. The summed E-state index contributed by atoms with van der Waals surface area (Å²) in [6.07, 6.45) is 2.70. The van der Waals surface area contributed by atoms with Gasteiger partial charge in [-0.15, -0.1) is 0 Å². The molecule has 1 aliphatic carbocycles. The summed E-state index contributed by atoms with van der Waals surface area (Å²) in [5, 5.41) is 3.48. The third-order valence-electron chi connectivity index (χ3n) is 5.01. The van der Waals surface area contributed by atoms with E-state index in [0.29, 0.717) is 5.92 Å². The SMILES string of the molecule is Cc1ccc(C)c(C2NC(C)C(=O)N2CC(C)C2CC2)c1. The summed E-state index contributed by atoms with van der Waals surface area (Å²) in [4.78, 5) is 14.6. The topological polar surface area (TPSA) is 32.3 Å². The van der Waals surface area contributed by atoms with Gasteiger partial charge >= 0.3 is 0 Å². The molecule has 1 saturated heterocycles. The number of aryl methyl sites for hydroxylation is 2. The summed E-state index contributed by atoms with van der Waals surface area (Å²) in [6.45, 7) is 9.38. The lowest BCUT2D eigenvalue weighted by Gasteiger charge is -2.28. The molecule has 1 aromatic rings. The van der Waals surface area contributed by atoms with Gasteiger partial charge in [-0.25, -0.2) is 0 Å². The van der Waals surface area contributed by atoms with Crippen molar-refractivity contribution in [1.82, 2.24) is 10.2 Å². The largest absolute Gasteiger partial charge is 0.321 e. The van der Waals surface area contributed by atoms with Gasteiger partial charge in [-0.3, -0.25) is 10.1 Å². The van der Waals surface area contributed by atoms with E-state index in [1.54, 1.807) is 0 Å². The first kappa shape index (κ1) is 14.6. The van der Waals surface area contributed by atoms with Crippen LogP contribution in [0.2, 0.25) is 0 Å². The second-order valence-electron chi connectivity index (χ2n) is 6.96. The predicted molar refractivity (Wildman–Crippen MR) is 84.9 cm³/mol. The lowest BCUT2D eigenvalue weighted by Crippen LogP contribution is -2.35. The minimum Gasteiger partial charge on any atom is -0.321 e. The first-order valence-corrected chi connectivity index (χ1v) is 8.11. The van der Waals surface area contributed by atoms with Crippen molar-refractivity contribution in [2.45, 2.75) is 52.7 Å². The van der Waals surface area contributed by atoms with Crippen LogP contribution in [-0.4, -0.2) is 23.4 Å². The smallest absolute Gasteiger partial charge is 0.241 e. The van der Waals surface area contributed by atoms with Gasteiger partial charge in [-0.1, -0.05) is 30.7 Å². The van der Waals surface area contributed by atoms with E-state index in [1.165, 1.54) is 29.5 Å². The van der Waals surface area contributed by atoms with Crippen molar-refractivity contribution in [3.8, 4) is 0 Å². The second kappa shape index (κ2) is 5.45. The van der Waals surface area contributed by atoms with Crippen molar-refractivity contribution in [3.63, 3.8) is 0 Å². The van der Waals surface area contributed by atoms with Crippen LogP contribution in [0.25, 0.3) is 0 Å². The molecule has 3 unspecified atom stereocenters. The zero-order chi connectivity index (χ0) is 15.1. The highest BCUT2D eigenvalue weighted by Gasteiger charge is 2.40. The van der Waals surface area contributed by atoms with Crippen LogP contribution in [0.4, 0.5) is 0 Å². The maximum Gasteiger partial charge on any atom is 0.241 e. The fourth-order valence-corrected chi connectivity index (χ4v) is 3.41. The molecular formula is C18H26N2O. The van der Waals surface area contributed by atoms with E-state index in [4.69, 9.17) is 0 Å². The van der Waals surface area contributed by atoms with E-state index >= 15 is 0 Å². The van der Waals surface area contributed by atoms with Crippen LogP contribution < -0.4 is 5.32 Å². The number of hydrogen-bond donors (Lipinski definition) is 1. The summed E-state index contributed by atoms with van der Waals surface area (Å²) in [5.41, 5.74) is 3.75. The van der Waals surface area contributed by atoms with Gasteiger partial charge in [0.05, 0.1) is 6.04 Å². The van der Waals surface area contributed by atoms with Crippen molar-refractivity contribution in [2.24, 2.45) is 11.8 Å². The molecule has 0 spiro atoms. The second-order valence-corrected chi connectivity index (χ2v) is 6.96. The van der Waals surface area contributed by atoms with Crippen molar-refractivity contribution in [2.75, 3.05) is 6.54 Å². The molecule has 1 aliphatic heterocycles. The van der Waals surface area contributed by atoms with Gasteiger partial charge in [0.2, 0.25) is 5.91 Å². The Balaban J connectivity index is 1.87. The molecule has 3 rings (SSSR count). The summed E-state index contributed by atoms with van der Waals surface area (Å²) in [7, 11) is 0. The van der Waals surface area contributed by atoms with E-state index in [9.17, 15) is 4.79 Å². The van der Waals surface area contributed by atoms with Gasteiger partial charge in [0, 0.05) is 6.54 Å². The molecule has 1 aromatic carbocycles. The number of nitrogens with zero attached hydrogens (tertiary/aromatic N) is 1. The summed E-state index contributed by atoms with van der Waals surface area (Å²) in [6, 6.07) is 6.42. The van der Waals surface area contributed by atoms with Crippen LogP contribution in [0.1, 0.15) is 49.5 Å². The Kier molecular flexibility index (Phi) is 3.78. The summed E-state index contributed by atoms with van der Waals surface area (Å²) < 4.78 is 0. The van der Waals surface area contributed by atoms with Crippen LogP contribution >= 0.6 is 0 Å². The molecule has 0 radical (unpaired) electrons. The maximum atomic E-state index is 12.5. The summed E-state index contributed by atoms with van der Waals surface area (Å²) >= 11 is 0. The van der Waals surface area contributed by atoms with Gasteiger partial charge in [0.15, 0.2) is 0 Å². The Morgan fingerprint density at radius 1 is 1.33 bits per heavy atom. The molecule has 3 heteroatoms. The van der Waals surface area contributed by atoms with E-state index < -0.39 is 0 Å². The monoisotopic (exact) mass is 286 g/mol. The third-order valence-corrected chi connectivity index (χ3v) is 5.01. The number of benzene rings is 1. The quantitative estimate of drug-likeness (QED) is 0.922. The molecule has 3 nitrogen and oxygen atoms in total. The highest BCUT2D eigenvalue weighted by Crippen LogP contribution is 2.38. The standard InChI is InChI=1S/C18H26N2O/c1-11-5-6-12(2)16(9-11)17-19-14(4)18(21)20(17)10-13(3)15-7-8-15/h5-6,9,13-15,17,19H,7-8,10H2,1-4H3. The number of carbonyl (C=O) groups excluding carboxylic acids is 1. The molecule has 0 bridgehead atoms. The highest BCUT2D eigenvalue weighted by molar-refractivity contribution is 5.84. The van der Waals surface area contributed by atoms with E-state index in [2.05, 4.69) is 49.2 Å². The molecule has 1 N–H and O–H groups in total. The Morgan fingerprint density at radius 2 is 2.05 bits per heavy atom. The van der Waals surface area contributed by atoms with Crippen LogP contribution in [0.5, 0.6) is 0 Å². The maximum absolute atomic E-state index is 12.5. The van der Waals surface area contributed by atoms with Gasteiger partial charge in [-0.05, 0) is 56.6 Å². The van der Waals surface area contributed by atoms with Crippen molar-refractivity contribution in [3.05, 3.63) is 34.9 Å². The minimum absolute atomic E-state index is 0.0357. The number of hydrogen-bond acceptors (Lipinski definition) is 2. The van der Waals surface area contributed by atoms with Crippen LogP contribution in [-0.2, 0) is 4.79 Å². The number of amides is 1. The molecule has 1 amide bonds. The molecule has 3 atom stereocenters. The first-order chi connectivity index (χ1) is 9.97. The number of nitrogens with one attached hydrogen (secondary N) is 1. The molecule has 2 fully saturated rings. The van der Waals surface area contributed by atoms with Crippen LogP contribution in [0, 0.1) is 25.7 Å². The fourth-order valence-electron chi connectivity index (χ4n) is 3.41. The Morgan fingerprint density at radius 3 is 2.71 bits per heavy atom. The Hall–Kier alpha value is -1.35. The Bertz CT molecular complexity index is 550. The number of rotatable bonds is 4. The fraction of sp³-hybridized carbons (Fsp3) is 0.611.